The lowest BCUT2D eigenvalue weighted by molar-refractivity contribution is -0.384. The van der Waals surface area contributed by atoms with Crippen LogP contribution in [0.4, 0.5) is 11.4 Å². The van der Waals surface area contributed by atoms with Gasteiger partial charge in [0.1, 0.15) is 11.8 Å². The largest absolute Gasteiger partial charge is 0.490 e. The van der Waals surface area contributed by atoms with Crippen LogP contribution in [-0.2, 0) is 0 Å². The average Bonchev–Trinajstić information content (AvgIpc) is 3.70. The highest BCUT2D eigenvalue weighted by molar-refractivity contribution is 7.80. The van der Waals surface area contributed by atoms with Crippen molar-refractivity contribution in [3.05, 3.63) is 113 Å². The first kappa shape index (κ1) is 24.1. The van der Waals surface area contributed by atoms with Crippen LogP contribution in [0.2, 0.25) is 0 Å². The SMILES string of the molecule is O=[N+]([O-])c1cccc(-n2cccc2[C@@H]2[C@@H](c3ccccn3)NC(=S)N2c2ccc(OC3CCCC3)cc2)c1. The molecule has 0 spiro atoms. The normalized spacial score (nSPS) is 19.5. The van der Waals surface area contributed by atoms with E-state index < -0.39 is 0 Å². The van der Waals surface area contributed by atoms with Gasteiger partial charge in [0.05, 0.1) is 28.5 Å². The molecule has 6 rings (SSSR count). The van der Waals surface area contributed by atoms with E-state index in [0.717, 1.165) is 35.7 Å². The minimum Gasteiger partial charge on any atom is -0.490 e. The summed E-state index contributed by atoms with van der Waals surface area (Å²) in [5.74, 6) is 0.858. The predicted octanol–water partition coefficient (Wildman–Crippen LogP) is 6.28. The quantitative estimate of drug-likeness (QED) is 0.173. The molecule has 0 bridgehead atoms. The van der Waals surface area contributed by atoms with Gasteiger partial charge in [-0.15, -0.1) is 0 Å². The average molecular weight is 526 g/mol. The topological polar surface area (TPSA) is 85.5 Å². The Balaban J connectivity index is 1.40. The van der Waals surface area contributed by atoms with Gasteiger partial charge in [-0.05, 0) is 92.5 Å². The number of hydrogen-bond donors (Lipinski definition) is 1. The molecule has 2 fully saturated rings. The molecule has 2 aliphatic rings. The predicted molar refractivity (Wildman–Crippen MR) is 150 cm³/mol. The Morgan fingerprint density at radius 3 is 2.53 bits per heavy atom. The maximum atomic E-state index is 11.5. The maximum absolute atomic E-state index is 11.5. The van der Waals surface area contributed by atoms with Gasteiger partial charge in [-0.1, -0.05) is 12.1 Å². The number of nitrogens with zero attached hydrogens (tertiary/aromatic N) is 4. The van der Waals surface area contributed by atoms with E-state index in [9.17, 15) is 10.1 Å². The molecule has 2 aromatic carbocycles. The summed E-state index contributed by atoms with van der Waals surface area (Å²) in [4.78, 5) is 17.8. The van der Waals surface area contributed by atoms with Gasteiger partial charge >= 0.3 is 0 Å². The molecule has 8 nitrogen and oxygen atoms in total. The van der Waals surface area contributed by atoms with Crippen LogP contribution in [0.3, 0.4) is 0 Å². The first-order valence-electron chi connectivity index (χ1n) is 12.8. The number of anilines is 1. The molecule has 0 unspecified atom stereocenters. The van der Waals surface area contributed by atoms with E-state index in [1.54, 1.807) is 18.3 Å². The van der Waals surface area contributed by atoms with Crippen LogP contribution < -0.4 is 15.0 Å². The van der Waals surface area contributed by atoms with Crippen LogP contribution in [0.5, 0.6) is 5.75 Å². The first-order chi connectivity index (χ1) is 18.6. The van der Waals surface area contributed by atoms with Crippen LogP contribution in [0.25, 0.3) is 5.69 Å². The first-order valence-corrected chi connectivity index (χ1v) is 13.2. The Hall–Kier alpha value is -4.24. The molecule has 1 N–H and O–H groups in total. The van der Waals surface area contributed by atoms with Gasteiger partial charge in [0, 0.05) is 35.9 Å². The number of hydrogen-bond acceptors (Lipinski definition) is 5. The van der Waals surface area contributed by atoms with Gasteiger partial charge < -0.3 is 19.5 Å². The molecule has 4 aromatic rings. The molecule has 2 aromatic heterocycles. The number of rotatable bonds is 7. The smallest absolute Gasteiger partial charge is 0.271 e. The Bertz CT molecular complexity index is 1450. The number of nitro benzene ring substituents is 1. The van der Waals surface area contributed by atoms with E-state index in [1.807, 2.05) is 71.4 Å². The van der Waals surface area contributed by atoms with Crippen molar-refractivity contribution < 1.29 is 9.66 Å². The lowest BCUT2D eigenvalue weighted by Crippen LogP contribution is -2.30. The van der Waals surface area contributed by atoms with Crippen LogP contribution in [-0.4, -0.2) is 25.7 Å². The molecule has 2 atom stereocenters. The minimum absolute atomic E-state index is 0.0400. The molecule has 1 aliphatic heterocycles. The molecule has 38 heavy (non-hydrogen) atoms. The number of thiocarbonyl (C=S) groups is 1. The van der Waals surface area contributed by atoms with Crippen LogP contribution in [0.1, 0.15) is 49.2 Å². The molecule has 1 saturated carbocycles. The fraction of sp³-hybridized carbons (Fsp3) is 0.241. The molecule has 1 aliphatic carbocycles. The molecule has 1 saturated heterocycles. The Morgan fingerprint density at radius 1 is 0.974 bits per heavy atom. The fourth-order valence-electron chi connectivity index (χ4n) is 5.44. The Kier molecular flexibility index (Phi) is 6.51. The van der Waals surface area contributed by atoms with Crippen molar-refractivity contribution in [2.24, 2.45) is 0 Å². The summed E-state index contributed by atoms with van der Waals surface area (Å²) in [5.41, 5.74) is 3.46. The third-order valence-electron chi connectivity index (χ3n) is 7.22. The van der Waals surface area contributed by atoms with Crippen molar-refractivity contribution in [3.63, 3.8) is 0 Å². The highest BCUT2D eigenvalue weighted by Gasteiger charge is 2.42. The number of nitro groups is 1. The highest BCUT2D eigenvalue weighted by Crippen LogP contribution is 2.42. The zero-order valence-electron chi connectivity index (χ0n) is 20.6. The van der Waals surface area contributed by atoms with Gasteiger partial charge in [0.25, 0.3) is 5.69 Å². The number of benzene rings is 2. The summed E-state index contributed by atoms with van der Waals surface area (Å²) < 4.78 is 8.16. The van der Waals surface area contributed by atoms with Gasteiger partial charge in [-0.3, -0.25) is 15.1 Å². The van der Waals surface area contributed by atoms with Crippen molar-refractivity contribution in [2.75, 3.05) is 4.90 Å². The molecular formula is C29H27N5O3S. The van der Waals surface area contributed by atoms with E-state index in [4.69, 9.17) is 17.0 Å². The van der Waals surface area contributed by atoms with Crippen molar-refractivity contribution in [1.82, 2.24) is 14.9 Å². The number of nitrogens with one attached hydrogen (secondary N) is 1. The Labute approximate surface area is 226 Å². The summed E-state index contributed by atoms with van der Waals surface area (Å²) in [5, 5.41) is 15.5. The van der Waals surface area contributed by atoms with Gasteiger partial charge in [-0.25, -0.2) is 0 Å². The third kappa shape index (κ3) is 4.61. The highest BCUT2D eigenvalue weighted by atomic mass is 32.1. The van der Waals surface area contributed by atoms with Gasteiger partial charge in [-0.2, -0.15) is 0 Å². The number of ether oxygens (including phenoxy) is 1. The molecule has 0 radical (unpaired) electrons. The second kappa shape index (κ2) is 10.3. The monoisotopic (exact) mass is 525 g/mol. The number of pyridine rings is 1. The van der Waals surface area contributed by atoms with Gasteiger partial charge in [0.2, 0.25) is 0 Å². The maximum Gasteiger partial charge on any atom is 0.271 e. The summed E-state index contributed by atoms with van der Waals surface area (Å²) >= 11 is 5.87. The van der Waals surface area contributed by atoms with E-state index in [1.165, 1.54) is 18.9 Å². The molecule has 3 heterocycles. The van der Waals surface area contributed by atoms with Crippen LogP contribution in [0.15, 0.2) is 91.3 Å². The molecule has 0 amide bonds. The lowest BCUT2D eigenvalue weighted by Gasteiger charge is -2.29. The molecule has 9 heteroatoms. The number of non-ortho nitro benzene ring substituents is 1. The molecular weight excluding hydrogens is 498 g/mol. The summed E-state index contributed by atoms with van der Waals surface area (Å²) in [6.45, 7) is 0. The second-order valence-corrected chi connectivity index (χ2v) is 9.98. The van der Waals surface area contributed by atoms with Crippen molar-refractivity contribution in [1.29, 1.82) is 0 Å². The van der Waals surface area contributed by atoms with E-state index >= 15 is 0 Å². The number of aromatic nitrogens is 2. The zero-order valence-corrected chi connectivity index (χ0v) is 21.5. The zero-order chi connectivity index (χ0) is 26.1. The summed E-state index contributed by atoms with van der Waals surface area (Å²) in [6.07, 6.45) is 8.62. The van der Waals surface area contributed by atoms with E-state index in [-0.39, 0.29) is 28.8 Å². The molecule has 192 valence electrons. The summed E-state index contributed by atoms with van der Waals surface area (Å²) in [7, 11) is 0. The van der Waals surface area contributed by atoms with Crippen LogP contribution >= 0.6 is 12.2 Å². The van der Waals surface area contributed by atoms with E-state index in [2.05, 4.69) is 15.2 Å². The van der Waals surface area contributed by atoms with Crippen LogP contribution in [0, 0.1) is 10.1 Å². The van der Waals surface area contributed by atoms with E-state index in [0.29, 0.717) is 10.8 Å². The standard InChI is InChI=1S/C29H27N5O3S/c35-34(36)22-8-5-7-21(19-22)32-18-6-12-26(32)28-27(25-11-3-4-17-30-25)31-29(38)33(28)20-13-15-24(16-14-20)37-23-9-1-2-10-23/h3-8,11-19,23,27-28H,1-2,9-10H2,(H,31,38)/t27-,28-/m1/s1. The second-order valence-electron chi connectivity index (χ2n) is 9.59. The minimum atomic E-state index is -0.378. The van der Waals surface area contributed by atoms with Gasteiger partial charge in [0.15, 0.2) is 5.11 Å². The van der Waals surface area contributed by atoms with Crippen molar-refractivity contribution in [3.8, 4) is 11.4 Å². The summed E-state index contributed by atoms with van der Waals surface area (Å²) in [6, 6.07) is 24.0. The Morgan fingerprint density at radius 2 is 1.79 bits per heavy atom. The fourth-order valence-corrected chi connectivity index (χ4v) is 5.79. The van der Waals surface area contributed by atoms with Crippen molar-refractivity contribution in [2.45, 2.75) is 43.9 Å². The third-order valence-corrected chi connectivity index (χ3v) is 7.53. The lowest BCUT2D eigenvalue weighted by atomic mass is 10.0. The van der Waals surface area contributed by atoms with Crippen molar-refractivity contribution >= 4 is 28.7 Å².